The highest BCUT2D eigenvalue weighted by atomic mass is 19.4. The molecule has 0 bridgehead atoms. The van der Waals surface area contributed by atoms with Gasteiger partial charge >= 0.3 is 6.18 Å². The van der Waals surface area contributed by atoms with Gasteiger partial charge in [-0.25, -0.2) is 8.78 Å². The van der Waals surface area contributed by atoms with Crippen LogP contribution in [0.15, 0.2) is 42.7 Å². The standard InChI is InChI=1S/C24H21F5N4O/c1-23(26,20(25)21-31-30-12-32(21)2)15-4-3-5-16(10-15)33-11-18-17(22(33)34)8-14(13-6-7-13)9-19(18)24(27,28)29/h3-5,8-10,12-13,20H,6-7,11H2,1-2H3/t20-,23+/m0/s1. The summed E-state index contributed by atoms with van der Waals surface area (Å²) in [5.74, 6) is -0.765. The van der Waals surface area contributed by atoms with E-state index in [0.717, 1.165) is 25.8 Å². The number of amides is 1. The molecule has 1 amide bonds. The van der Waals surface area contributed by atoms with Gasteiger partial charge in [-0.2, -0.15) is 13.2 Å². The molecule has 2 aromatic carbocycles. The molecule has 0 unspecified atom stereocenters. The largest absolute Gasteiger partial charge is 0.416 e. The minimum absolute atomic E-state index is 0.00703. The number of benzene rings is 2. The lowest BCUT2D eigenvalue weighted by Gasteiger charge is -2.26. The van der Waals surface area contributed by atoms with E-state index in [1.54, 1.807) is 6.07 Å². The van der Waals surface area contributed by atoms with Gasteiger partial charge in [0.15, 0.2) is 17.7 Å². The van der Waals surface area contributed by atoms with Crippen LogP contribution >= 0.6 is 0 Å². The van der Waals surface area contributed by atoms with Crippen molar-refractivity contribution < 1.29 is 26.7 Å². The van der Waals surface area contributed by atoms with E-state index in [9.17, 15) is 18.0 Å². The molecule has 10 heteroatoms. The number of fused-ring (bicyclic) bond motifs is 1. The third-order valence-electron chi connectivity index (χ3n) is 6.59. The lowest BCUT2D eigenvalue weighted by molar-refractivity contribution is -0.138. The highest BCUT2D eigenvalue weighted by molar-refractivity contribution is 6.10. The van der Waals surface area contributed by atoms with Crippen LogP contribution in [0.2, 0.25) is 0 Å². The zero-order valence-corrected chi connectivity index (χ0v) is 18.4. The number of hydrogen-bond acceptors (Lipinski definition) is 3. The zero-order chi connectivity index (χ0) is 24.4. The molecule has 3 aromatic rings. The van der Waals surface area contributed by atoms with Gasteiger partial charge in [-0.1, -0.05) is 12.1 Å². The fourth-order valence-electron chi connectivity index (χ4n) is 4.43. The van der Waals surface area contributed by atoms with Gasteiger partial charge in [-0.15, -0.1) is 10.2 Å². The predicted molar refractivity (Wildman–Crippen MR) is 114 cm³/mol. The third kappa shape index (κ3) is 3.65. The topological polar surface area (TPSA) is 51.0 Å². The Kier molecular flexibility index (Phi) is 5.03. The van der Waals surface area contributed by atoms with Crippen LogP contribution in [0, 0.1) is 0 Å². The number of aryl methyl sites for hydroxylation is 1. The summed E-state index contributed by atoms with van der Waals surface area (Å²) in [6.07, 6.45) is -3.92. The van der Waals surface area contributed by atoms with E-state index in [2.05, 4.69) is 10.2 Å². The molecule has 0 N–H and O–H groups in total. The average Bonchev–Trinajstić information content (AvgIpc) is 3.47. The monoisotopic (exact) mass is 476 g/mol. The minimum Gasteiger partial charge on any atom is -0.318 e. The molecule has 1 aliphatic carbocycles. The maximum absolute atomic E-state index is 15.6. The number of alkyl halides is 5. The van der Waals surface area contributed by atoms with E-state index >= 15 is 8.78 Å². The van der Waals surface area contributed by atoms with Crippen molar-refractivity contribution in [2.24, 2.45) is 7.05 Å². The molecule has 1 aromatic heterocycles. The molecule has 1 fully saturated rings. The SMILES string of the molecule is Cn1cnnc1[C@H](F)[C@](C)(F)c1cccc(N2Cc3c(cc(C4CC4)cc3C(F)(F)F)C2=O)c1. The highest BCUT2D eigenvalue weighted by Crippen LogP contribution is 2.46. The predicted octanol–water partition coefficient (Wildman–Crippen LogP) is 5.77. The first kappa shape index (κ1) is 22.5. The van der Waals surface area contributed by atoms with Crippen LogP contribution in [0.3, 0.4) is 0 Å². The Balaban J connectivity index is 1.51. The van der Waals surface area contributed by atoms with E-state index < -0.39 is 29.5 Å². The molecule has 34 heavy (non-hydrogen) atoms. The molecule has 1 aliphatic heterocycles. The first-order chi connectivity index (χ1) is 16.0. The number of carbonyl (C=O) groups is 1. The lowest BCUT2D eigenvalue weighted by atomic mass is 9.92. The summed E-state index contributed by atoms with van der Waals surface area (Å²) in [7, 11) is 1.49. The summed E-state index contributed by atoms with van der Waals surface area (Å²) in [6, 6.07) is 8.28. The Labute approximate surface area is 192 Å². The van der Waals surface area contributed by atoms with Gasteiger partial charge in [0.2, 0.25) is 0 Å². The summed E-state index contributed by atoms with van der Waals surface area (Å²) in [4.78, 5) is 14.3. The summed E-state index contributed by atoms with van der Waals surface area (Å²) >= 11 is 0. The van der Waals surface area contributed by atoms with E-state index in [1.165, 1.54) is 47.1 Å². The smallest absolute Gasteiger partial charge is 0.318 e. The Morgan fingerprint density at radius 2 is 1.85 bits per heavy atom. The van der Waals surface area contributed by atoms with Crippen molar-refractivity contribution in [3.8, 4) is 0 Å². The second kappa shape index (κ2) is 7.61. The van der Waals surface area contributed by atoms with E-state index in [-0.39, 0.29) is 40.7 Å². The Bertz CT molecular complexity index is 1280. The summed E-state index contributed by atoms with van der Waals surface area (Å²) in [6.45, 7) is 0.748. The molecule has 5 rings (SSSR count). The summed E-state index contributed by atoms with van der Waals surface area (Å²) < 4.78 is 73.4. The molecule has 2 atom stereocenters. The van der Waals surface area contributed by atoms with Crippen LogP contribution in [0.4, 0.5) is 27.6 Å². The van der Waals surface area contributed by atoms with Gasteiger partial charge in [-0.3, -0.25) is 4.79 Å². The Morgan fingerprint density at radius 1 is 1.12 bits per heavy atom. The van der Waals surface area contributed by atoms with Crippen LogP contribution in [0.25, 0.3) is 0 Å². The maximum Gasteiger partial charge on any atom is 0.416 e. The first-order valence-electron chi connectivity index (χ1n) is 10.8. The van der Waals surface area contributed by atoms with Crippen molar-refractivity contribution in [3.63, 3.8) is 0 Å². The quantitative estimate of drug-likeness (QED) is 0.440. The van der Waals surface area contributed by atoms with Crippen LogP contribution < -0.4 is 4.90 Å². The van der Waals surface area contributed by atoms with Crippen LogP contribution in [-0.2, 0) is 25.4 Å². The number of carbonyl (C=O) groups excluding carboxylic acids is 1. The second-order valence-corrected chi connectivity index (χ2v) is 9.05. The van der Waals surface area contributed by atoms with Gasteiger partial charge < -0.3 is 9.47 Å². The number of aromatic nitrogens is 3. The van der Waals surface area contributed by atoms with Gasteiger partial charge in [0.1, 0.15) is 6.33 Å². The van der Waals surface area contributed by atoms with Gasteiger partial charge in [0, 0.05) is 18.3 Å². The second-order valence-electron chi connectivity index (χ2n) is 9.05. The molecule has 2 heterocycles. The van der Waals surface area contributed by atoms with Crippen molar-refractivity contribution >= 4 is 11.6 Å². The highest BCUT2D eigenvalue weighted by Gasteiger charge is 2.43. The number of nitrogens with zero attached hydrogens (tertiary/aromatic N) is 4. The molecular formula is C24H21F5N4O. The van der Waals surface area contributed by atoms with Crippen molar-refractivity contribution in [2.45, 2.75) is 50.2 Å². The van der Waals surface area contributed by atoms with Crippen molar-refractivity contribution in [2.75, 3.05) is 4.90 Å². The Hall–Kier alpha value is -3.30. The minimum atomic E-state index is -4.61. The van der Waals surface area contributed by atoms with E-state index in [1.807, 2.05) is 0 Å². The van der Waals surface area contributed by atoms with Gasteiger partial charge in [0.05, 0.1) is 12.1 Å². The molecular weight excluding hydrogens is 455 g/mol. The van der Waals surface area contributed by atoms with Crippen molar-refractivity contribution in [3.05, 3.63) is 76.4 Å². The van der Waals surface area contributed by atoms with E-state index in [0.29, 0.717) is 5.56 Å². The number of halogens is 5. The van der Waals surface area contributed by atoms with Crippen molar-refractivity contribution in [1.82, 2.24) is 14.8 Å². The third-order valence-corrected chi connectivity index (χ3v) is 6.59. The zero-order valence-electron chi connectivity index (χ0n) is 18.4. The van der Waals surface area contributed by atoms with Crippen molar-refractivity contribution in [1.29, 1.82) is 0 Å². The molecule has 178 valence electrons. The van der Waals surface area contributed by atoms with E-state index in [4.69, 9.17) is 0 Å². The fourth-order valence-corrected chi connectivity index (χ4v) is 4.43. The molecule has 1 saturated carbocycles. The van der Waals surface area contributed by atoms with Gasteiger partial charge in [-0.05, 0) is 66.6 Å². The lowest BCUT2D eigenvalue weighted by Crippen LogP contribution is -2.27. The van der Waals surface area contributed by atoms with Crippen LogP contribution in [0.1, 0.15) is 70.3 Å². The maximum atomic E-state index is 15.6. The van der Waals surface area contributed by atoms with Crippen LogP contribution in [-0.4, -0.2) is 20.7 Å². The Morgan fingerprint density at radius 3 is 2.47 bits per heavy atom. The molecule has 5 nitrogen and oxygen atoms in total. The number of rotatable bonds is 5. The molecule has 2 aliphatic rings. The summed E-state index contributed by atoms with van der Waals surface area (Å²) in [5, 5.41) is 7.21. The number of anilines is 1. The first-order valence-corrected chi connectivity index (χ1v) is 10.8. The molecule has 0 radical (unpaired) electrons. The summed E-state index contributed by atoms with van der Waals surface area (Å²) in [5.41, 5.74) is -2.81. The molecule has 0 saturated heterocycles. The van der Waals surface area contributed by atoms with Gasteiger partial charge in [0.25, 0.3) is 5.91 Å². The normalized spacial score (nSPS) is 18.7. The fraction of sp³-hybridized carbons (Fsp3) is 0.375. The average molecular weight is 476 g/mol. The molecule has 0 spiro atoms. The van der Waals surface area contributed by atoms with Crippen LogP contribution in [0.5, 0.6) is 0 Å². The number of hydrogen-bond donors (Lipinski definition) is 0.